The van der Waals surface area contributed by atoms with Gasteiger partial charge in [0, 0.05) is 17.6 Å². The molecule has 0 aromatic heterocycles. The topological polar surface area (TPSA) is 69.6 Å². The van der Waals surface area contributed by atoms with Crippen LogP contribution < -0.4 is 5.32 Å². The Morgan fingerprint density at radius 3 is 2.36 bits per heavy atom. The van der Waals surface area contributed by atoms with Crippen LogP contribution in [-0.4, -0.2) is 47.1 Å². The lowest BCUT2D eigenvalue weighted by Gasteiger charge is -2.42. The zero-order valence-corrected chi connectivity index (χ0v) is 13.4. The van der Waals surface area contributed by atoms with E-state index in [1.54, 1.807) is 0 Å². The fraction of sp³-hybridized carbons (Fsp3) is 0.529. The summed E-state index contributed by atoms with van der Waals surface area (Å²) in [4.78, 5) is 25.2. The van der Waals surface area contributed by atoms with Crippen molar-refractivity contribution in [1.29, 1.82) is 0 Å². The third kappa shape index (κ3) is 3.65. The lowest BCUT2D eigenvalue weighted by atomic mass is 9.85. The van der Waals surface area contributed by atoms with Crippen LogP contribution in [-0.2, 0) is 4.79 Å². The van der Waals surface area contributed by atoms with Gasteiger partial charge in [-0.3, -0.25) is 14.5 Å². The fourth-order valence-electron chi connectivity index (χ4n) is 3.11. The average Bonchev–Trinajstić information content (AvgIpc) is 2.39. The number of hydrogen-bond donors (Lipinski definition) is 2. The minimum absolute atomic E-state index is 0.0275. The van der Waals surface area contributed by atoms with Crippen LogP contribution in [0.5, 0.6) is 0 Å². The summed E-state index contributed by atoms with van der Waals surface area (Å²) >= 11 is 0. The molecule has 120 valence electrons. The molecule has 1 aromatic rings. The van der Waals surface area contributed by atoms with E-state index < -0.39 is 5.97 Å². The highest BCUT2D eigenvalue weighted by Crippen LogP contribution is 2.26. The van der Waals surface area contributed by atoms with E-state index in [-0.39, 0.29) is 24.5 Å². The maximum absolute atomic E-state index is 12.4. The van der Waals surface area contributed by atoms with Gasteiger partial charge in [0.15, 0.2) is 0 Å². The number of benzene rings is 1. The van der Waals surface area contributed by atoms with Crippen LogP contribution in [0.2, 0.25) is 0 Å². The number of nitrogens with one attached hydrogen (secondary N) is 1. The second-order valence-electron chi connectivity index (χ2n) is 6.02. The molecule has 1 fully saturated rings. The summed E-state index contributed by atoms with van der Waals surface area (Å²) in [6.07, 6.45) is 1.63. The number of amides is 1. The Bertz CT molecular complexity index is 545. The van der Waals surface area contributed by atoms with Gasteiger partial charge in [-0.15, -0.1) is 0 Å². The van der Waals surface area contributed by atoms with E-state index in [2.05, 4.69) is 5.32 Å². The van der Waals surface area contributed by atoms with Crippen LogP contribution in [0, 0.1) is 13.8 Å². The zero-order chi connectivity index (χ0) is 16.3. The van der Waals surface area contributed by atoms with Crippen molar-refractivity contribution in [2.75, 3.05) is 13.1 Å². The maximum atomic E-state index is 12.4. The van der Waals surface area contributed by atoms with Crippen LogP contribution in [0.15, 0.2) is 18.2 Å². The van der Waals surface area contributed by atoms with Gasteiger partial charge in [-0.25, -0.2) is 0 Å². The molecular weight excluding hydrogens is 280 g/mol. The minimum atomic E-state index is -0.801. The van der Waals surface area contributed by atoms with Crippen molar-refractivity contribution in [2.45, 2.75) is 45.7 Å². The molecule has 0 bridgehead atoms. The van der Waals surface area contributed by atoms with E-state index in [9.17, 15) is 9.59 Å². The van der Waals surface area contributed by atoms with E-state index in [1.807, 2.05) is 43.9 Å². The number of likely N-dealkylation sites (N-methyl/N-ethyl adjacent to an activating group) is 1. The molecule has 0 atom stereocenters. The molecule has 2 rings (SSSR count). The van der Waals surface area contributed by atoms with E-state index in [4.69, 9.17) is 5.11 Å². The van der Waals surface area contributed by atoms with Gasteiger partial charge >= 0.3 is 5.97 Å². The molecule has 0 saturated heterocycles. The van der Waals surface area contributed by atoms with Gasteiger partial charge in [-0.1, -0.05) is 25.1 Å². The third-order valence-corrected chi connectivity index (χ3v) is 4.42. The second-order valence-corrected chi connectivity index (χ2v) is 6.02. The molecule has 5 heteroatoms. The van der Waals surface area contributed by atoms with Crippen LogP contribution in [0.4, 0.5) is 0 Å². The Morgan fingerprint density at radius 1 is 1.27 bits per heavy atom. The van der Waals surface area contributed by atoms with E-state index in [0.29, 0.717) is 6.54 Å². The number of carboxylic acid groups (broad SMARTS) is 1. The Kier molecular flexibility index (Phi) is 5.19. The Balaban J connectivity index is 1.90. The fourth-order valence-corrected chi connectivity index (χ4v) is 3.11. The minimum Gasteiger partial charge on any atom is -0.480 e. The molecule has 1 saturated carbocycles. The SMILES string of the molecule is CCN(CC(=O)O)C1CC(NC(=O)c2c(C)cccc2C)C1. The highest BCUT2D eigenvalue weighted by molar-refractivity contribution is 5.97. The van der Waals surface area contributed by atoms with Crippen molar-refractivity contribution in [3.05, 3.63) is 34.9 Å². The first-order chi connectivity index (χ1) is 10.4. The highest BCUT2D eigenvalue weighted by atomic mass is 16.4. The average molecular weight is 304 g/mol. The number of aryl methyl sites for hydroxylation is 2. The summed E-state index contributed by atoms with van der Waals surface area (Å²) in [5.41, 5.74) is 2.72. The summed E-state index contributed by atoms with van der Waals surface area (Å²) in [6.45, 7) is 6.63. The van der Waals surface area contributed by atoms with Crippen molar-refractivity contribution in [2.24, 2.45) is 0 Å². The lowest BCUT2D eigenvalue weighted by Crippen LogP contribution is -2.54. The summed E-state index contributed by atoms with van der Waals surface area (Å²) in [6, 6.07) is 6.23. The van der Waals surface area contributed by atoms with Gasteiger partial charge in [0.25, 0.3) is 5.91 Å². The first-order valence-electron chi connectivity index (χ1n) is 7.75. The molecular formula is C17H24N2O3. The van der Waals surface area contributed by atoms with Crippen molar-refractivity contribution in [3.8, 4) is 0 Å². The Hall–Kier alpha value is -1.88. The molecule has 0 heterocycles. The highest BCUT2D eigenvalue weighted by Gasteiger charge is 2.35. The Labute approximate surface area is 131 Å². The summed E-state index contributed by atoms with van der Waals surface area (Å²) in [5.74, 6) is -0.829. The van der Waals surface area contributed by atoms with Gasteiger partial charge in [0.1, 0.15) is 0 Å². The van der Waals surface area contributed by atoms with Gasteiger partial charge in [-0.05, 0) is 44.4 Å². The van der Waals surface area contributed by atoms with Crippen LogP contribution in [0.25, 0.3) is 0 Å². The molecule has 1 amide bonds. The molecule has 1 aromatic carbocycles. The zero-order valence-electron chi connectivity index (χ0n) is 13.4. The van der Waals surface area contributed by atoms with Gasteiger partial charge in [0.2, 0.25) is 0 Å². The first kappa shape index (κ1) is 16.5. The largest absolute Gasteiger partial charge is 0.480 e. The number of carboxylic acids is 1. The van der Waals surface area contributed by atoms with Crippen molar-refractivity contribution < 1.29 is 14.7 Å². The van der Waals surface area contributed by atoms with Crippen LogP contribution >= 0.6 is 0 Å². The first-order valence-corrected chi connectivity index (χ1v) is 7.75. The summed E-state index contributed by atoms with van der Waals surface area (Å²) in [7, 11) is 0. The molecule has 2 N–H and O–H groups in total. The van der Waals surface area contributed by atoms with Crippen LogP contribution in [0.3, 0.4) is 0 Å². The monoisotopic (exact) mass is 304 g/mol. The number of carbonyl (C=O) groups excluding carboxylic acids is 1. The molecule has 0 unspecified atom stereocenters. The summed E-state index contributed by atoms with van der Waals surface area (Å²) < 4.78 is 0. The number of rotatable bonds is 6. The molecule has 5 nitrogen and oxygen atoms in total. The van der Waals surface area contributed by atoms with Crippen molar-refractivity contribution in [1.82, 2.24) is 10.2 Å². The molecule has 22 heavy (non-hydrogen) atoms. The lowest BCUT2D eigenvalue weighted by molar-refractivity contribution is -0.139. The maximum Gasteiger partial charge on any atom is 0.317 e. The molecule has 1 aliphatic carbocycles. The van der Waals surface area contributed by atoms with Gasteiger partial charge in [-0.2, -0.15) is 0 Å². The van der Waals surface area contributed by atoms with E-state index >= 15 is 0 Å². The van der Waals surface area contributed by atoms with Crippen molar-refractivity contribution in [3.63, 3.8) is 0 Å². The van der Waals surface area contributed by atoms with E-state index in [1.165, 1.54) is 0 Å². The third-order valence-electron chi connectivity index (χ3n) is 4.42. The quantitative estimate of drug-likeness (QED) is 0.843. The normalized spacial score (nSPS) is 20.5. The summed E-state index contributed by atoms with van der Waals surface area (Å²) in [5, 5.41) is 12.0. The van der Waals surface area contributed by atoms with Crippen LogP contribution in [0.1, 0.15) is 41.3 Å². The number of nitrogens with zero attached hydrogens (tertiary/aromatic N) is 1. The van der Waals surface area contributed by atoms with Gasteiger partial charge < -0.3 is 10.4 Å². The smallest absolute Gasteiger partial charge is 0.317 e. The van der Waals surface area contributed by atoms with E-state index in [0.717, 1.165) is 29.5 Å². The predicted molar refractivity (Wildman–Crippen MR) is 85.1 cm³/mol. The number of aliphatic carboxylic acids is 1. The number of hydrogen-bond acceptors (Lipinski definition) is 3. The number of carbonyl (C=O) groups is 2. The second kappa shape index (κ2) is 6.92. The standard InChI is InChI=1S/C17H24N2O3/c1-4-19(10-15(20)21)14-8-13(9-14)18-17(22)16-11(2)6-5-7-12(16)3/h5-7,13-14H,4,8-10H2,1-3H3,(H,18,22)(H,20,21). The molecule has 0 spiro atoms. The molecule has 1 aliphatic rings. The Morgan fingerprint density at radius 2 is 1.86 bits per heavy atom. The molecule has 0 radical (unpaired) electrons. The van der Waals surface area contributed by atoms with Crippen molar-refractivity contribution >= 4 is 11.9 Å². The predicted octanol–water partition coefficient (Wildman–Crippen LogP) is 1.97. The molecule has 0 aliphatic heterocycles. The van der Waals surface area contributed by atoms with Gasteiger partial charge in [0.05, 0.1) is 6.54 Å².